The average Bonchev–Trinajstić information content (AvgIpc) is 2.93. The van der Waals surface area contributed by atoms with Crippen molar-refractivity contribution in [2.24, 2.45) is 0 Å². The summed E-state index contributed by atoms with van der Waals surface area (Å²) in [6.07, 6.45) is 0. The number of sulfonamides is 1. The standard InChI is InChI=1S/C20H20N4O3S/c1-12-8-15(9-13(2)17(12)10-21)28(26,27)23-6-7-24-18(11-23)19-16(20(24)25)5-4-14(3)22-19/h4-5,8-9,18H,6-7,11H2,1-3H3. The summed E-state index contributed by atoms with van der Waals surface area (Å²) in [7, 11) is -3.74. The number of nitrogens with zero attached hydrogens (tertiary/aromatic N) is 4. The number of hydrogen-bond acceptors (Lipinski definition) is 5. The number of carbonyl (C=O) groups excluding carboxylic acids is 1. The maximum Gasteiger partial charge on any atom is 0.256 e. The van der Waals surface area contributed by atoms with Gasteiger partial charge in [0.05, 0.1) is 33.8 Å². The van der Waals surface area contributed by atoms with Crippen molar-refractivity contribution >= 4 is 15.9 Å². The van der Waals surface area contributed by atoms with Gasteiger partial charge < -0.3 is 4.90 Å². The highest BCUT2D eigenvalue weighted by molar-refractivity contribution is 7.89. The van der Waals surface area contributed by atoms with Crippen molar-refractivity contribution in [2.45, 2.75) is 31.7 Å². The van der Waals surface area contributed by atoms with Gasteiger partial charge in [0.15, 0.2) is 0 Å². The average molecular weight is 396 g/mol. The van der Waals surface area contributed by atoms with Crippen LogP contribution in [-0.2, 0) is 10.0 Å². The van der Waals surface area contributed by atoms with Crippen molar-refractivity contribution in [3.8, 4) is 6.07 Å². The first-order chi connectivity index (χ1) is 13.2. The SMILES string of the molecule is Cc1ccc2c(n1)C1CN(S(=O)(=O)c3cc(C)c(C#N)c(C)c3)CCN1C2=O. The minimum Gasteiger partial charge on any atom is -0.327 e. The first-order valence-electron chi connectivity index (χ1n) is 9.04. The number of amides is 1. The molecule has 144 valence electrons. The Kier molecular flexibility index (Phi) is 4.25. The topological polar surface area (TPSA) is 94.4 Å². The number of rotatable bonds is 2. The monoisotopic (exact) mass is 396 g/mol. The minimum absolute atomic E-state index is 0.0883. The molecule has 1 atom stereocenters. The van der Waals surface area contributed by atoms with Crippen LogP contribution in [0.1, 0.15) is 44.5 Å². The number of nitriles is 1. The molecule has 3 heterocycles. The first-order valence-corrected chi connectivity index (χ1v) is 10.5. The van der Waals surface area contributed by atoms with Crippen LogP contribution in [-0.4, -0.2) is 48.1 Å². The number of carbonyl (C=O) groups is 1. The van der Waals surface area contributed by atoms with Gasteiger partial charge >= 0.3 is 0 Å². The van der Waals surface area contributed by atoms with E-state index >= 15 is 0 Å². The molecule has 0 N–H and O–H groups in total. The van der Waals surface area contributed by atoms with E-state index in [0.717, 1.165) is 5.69 Å². The van der Waals surface area contributed by atoms with Crippen molar-refractivity contribution in [3.63, 3.8) is 0 Å². The molecular weight excluding hydrogens is 376 g/mol. The molecule has 7 nitrogen and oxygen atoms in total. The predicted octanol–water partition coefficient (Wildman–Crippen LogP) is 2.08. The van der Waals surface area contributed by atoms with Gasteiger partial charge in [0.2, 0.25) is 10.0 Å². The molecule has 28 heavy (non-hydrogen) atoms. The second-order valence-corrected chi connectivity index (χ2v) is 9.24. The Morgan fingerprint density at radius 3 is 2.46 bits per heavy atom. The summed E-state index contributed by atoms with van der Waals surface area (Å²) in [6, 6.07) is 8.40. The zero-order chi connectivity index (χ0) is 20.2. The highest BCUT2D eigenvalue weighted by Gasteiger charge is 2.44. The summed E-state index contributed by atoms with van der Waals surface area (Å²) in [4.78, 5) is 19.0. The Morgan fingerprint density at radius 1 is 1.14 bits per heavy atom. The van der Waals surface area contributed by atoms with Crippen molar-refractivity contribution in [1.82, 2.24) is 14.2 Å². The lowest BCUT2D eigenvalue weighted by molar-refractivity contribution is 0.0625. The second kappa shape index (κ2) is 6.40. The van der Waals surface area contributed by atoms with Crippen molar-refractivity contribution in [3.05, 3.63) is 57.9 Å². The number of aryl methyl sites for hydroxylation is 3. The van der Waals surface area contributed by atoms with E-state index in [9.17, 15) is 18.5 Å². The number of pyridine rings is 1. The highest BCUT2D eigenvalue weighted by Crippen LogP contribution is 2.36. The van der Waals surface area contributed by atoms with E-state index in [1.54, 1.807) is 43.0 Å². The quantitative estimate of drug-likeness (QED) is 0.775. The normalized spacial score (nSPS) is 19.3. The highest BCUT2D eigenvalue weighted by atomic mass is 32.2. The lowest BCUT2D eigenvalue weighted by atomic mass is 10.0. The molecule has 0 bridgehead atoms. The van der Waals surface area contributed by atoms with Crippen LogP contribution in [0.15, 0.2) is 29.2 Å². The van der Waals surface area contributed by atoms with Gasteiger partial charge in [0.25, 0.3) is 5.91 Å². The second-order valence-electron chi connectivity index (χ2n) is 7.31. The Balaban J connectivity index is 1.70. The number of aromatic nitrogens is 1. The number of hydrogen-bond donors (Lipinski definition) is 0. The summed E-state index contributed by atoms with van der Waals surface area (Å²) < 4.78 is 27.9. The zero-order valence-electron chi connectivity index (χ0n) is 15.9. The van der Waals surface area contributed by atoms with Gasteiger partial charge in [-0.25, -0.2) is 8.42 Å². The molecule has 1 aromatic heterocycles. The summed E-state index contributed by atoms with van der Waals surface area (Å²) in [5, 5.41) is 9.23. The molecule has 0 saturated carbocycles. The maximum absolute atomic E-state index is 13.3. The molecule has 1 aromatic carbocycles. The van der Waals surface area contributed by atoms with E-state index in [1.165, 1.54) is 4.31 Å². The molecule has 4 rings (SSSR count). The van der Waals surface area contributed by atoms with E-state index < -0.39 is 10.0 Å². The lowest BCUT2D eigenvalue weighted by Gasteiger charge is -2.36. The summed E-state index contributed by atoms with van der Waals surface area (Å²) in [5.74, 6) is -0.0883. The fourth-order valence-corrected chi connectivity index (χ4v) is 5.63. The van der Waals surface area contributed by atoms with Crippen LogP contribution in [0.4, 0.5) is 0 Å². The van der Waals surface area contributed by atoms with Gasteiger partial charge in [0.1, 0.15) is 0 Å². The molecule has 8 heteroatoms. The molecule has 1 amide bonds. The van der Waals surface area contributed by atoms with Crippen molar-refractivity contribution in [2.75, 3.05) is 19.6 Å². The Hall–Kier alpha value is -2.76. The predicted molar refractivity (Wildman–Crippen MR) is 102 cm³/mol. The summed E-state index contributed by atoms with van der Waals surface area (Å²) >= 11 is 0. The Morgan fingerprint density at radius 2 is 1.82 bits per heavy atom. The van der Waals surface area contributed by atoms with Gasteiger partial charge in [-0.15, -0.1) is 0 Å². The Labute approximate surface area is 164 Å². The first kappa shape index (κ1) is 18.6. The molecule has 2 aliphatic heterocycles. The molecule has 1 saturated heterocycles. The third kappa shape index (κ3) is 2.70. The van der Waals surface area contributed by atoms with Crippen LogP contribution in [0.2, 0.25) is 0 Å². The van der Waals surface area contributed by atoms with E-state index in [-0.39, 0.29) is 29.9 Å². The van der Waals surface area contributed by atoms with Crippen LogP contribution < -0.4 is 0 Å². The van der Waals surface area contributed by atoms with Gasteiger partial charge in [-0.2, -0.15) is 9.57 Å². The van der Waals surface area contributed by atoms with E-state index in [2.05, 4.69) is 11.1 Å². The molecule has 0 aliphatic carbocycles. The van der Waals surface area contributed by atoms with Gasteiger partial charge in [-0.3, -0.25) is 9.78 Å². The maximum atomic E-state index is 13.3. The summed E-state index contributed by atoms with van der Waals surface area (Å²) in [6.45, 7) is 6.06. The van der Waals surface area contributed by atoms with Crippen LogP contribution in [0.5, 0.6) is 0 Å². The number of piperazine rings is 1. The van der Waals surface area contributed by atoms with Gasteiger partial charge in [0, 0.05) is 25.3 Å². The van der Waals surface area contributed by atoms with Gasteiger partial charge in [-0.05, 0) is 56.2 Å². The van der Waals surface area contributed by atoms with Crippen LogP contribution in [0.25, 0.3) is 0 Å². The van der Waals surface area contributed by atoms with Crippen molar-refractivity contribution in [1.29, 1.82) is 5.26 Å². The third-order valence-electron chi connectivity index (χ3n) is 5.47. The van der Waals surface area contributed by atoms with Crippen LogP contribution in [0.3, 0.4) is 0 Å². The molecule has 2 aliphatic rings. The van der Waals surface area contributed by atoms with Crippen LogP contribution in [0, 0.1) is 32.1 Å². The van der Waals surface area contributed by atoms with Gasteiger partial charge in [-0.1, -0.05) is 0 Å². The summed E-state index contributed by atoms with van der Waals surface area (Å²) in [5.41, 5.74) is 3.78. The minimum atomic E-state index is -3.74. The molecule has 1 unspecified atom stereocenters. The largest absolute Gasteiger partial charge is 0.327 e. The fourth-order valence-electron chi connectivity index (χ4n) is 4.02. The van der Waals surface area contributed by atoms with E-state index in [0.29, 0.717) is 34.5 Å². The third-order valence-corrected chi connectivity index (χ3v) is 7.31. The molecule has 0 radical (unpaired) electrons. The molecule has 1 fully saturated rings. The van der Waals surface area contributed by atoms with Crippen LogP contribution >= 0.6 is 0 Å². The van der Waals surface area contributed by atoms with E-state index in [4.69, 9.17) is 0 Å². The molecule has 0 spiro atoms. The lowest BCUT2D eigenvalue weighted by Crippen LogP contribution is -2.49. The zero-order valence-corrected chi connectivity index (χ0v) is 16.7. The number of fused-ring (bicyclic) bond motifs is 3. The smallest absolute Gasteiger partial charge is 0.256 e. The molecule has 2 aromatic rings. The Bertz CT molecular complexity index is 1130. The van der Waals surface area contributed by atoms with Crippen molar-refractivity contribution < 1.29 is 13.2 Å². The molecular formula is C20H20N4O3S. The van der Waals surface area contributed by atoms with E-state index in [1.807, 2.05) is 6.92 Å². The fraction of sp³-hybridized carbons (Fsp3) is 0.350. The number of benzene rings is 1.